The standard InChI is InChI=1S/C15H24O5/c1-4-7-8-9-10-12(11-13(16)19-5-2)14(17)15(18)20-6-3/h7-8,12H,4-6,9-11H2,1-3H3/b8-7+/t12-/m0/s1. The maximum absolute atomic E-state index is 11.9. The molecule has 0 aromatic heterocycles. The van der Waals surface area contributed by atoms with Crippen LogP contribution in [0.4, 0.5) is 0 Å². The number of allylic oxidation sites excluding steroid dienone is 2. The summed E-state index contributed by atoms with van der Waals surface area (Å²) in [6, 6.07) is 0. The summed E-state index contributed by atoms with van der Waals surface area (Å²) in [7, 11) is 0. The van der Waals surface area contributed by atoms with Crippen LogP contribution in [0.1, 0.15) is 46.5 Å². The number of carbonyl (C=O) groups excluding carboxylic acids is 3. The molecule has 0 fully saturated rings. The van der Waals surface area contributed by atoms with Gasteiger partial charge in [0.1, 0.15) is 0 Å². The first-order valence-corrected chi connectivity index (χ1v) is 7.08. The summed E-state index contributed by atoms with van der Waals surface area (Å²) in [6.07, 6.45) is 5.84. The van der Waals surface area contributed by atoms with E-state index in [1.165, 1.54) is 0 Å². The third-order valence-electron chi connectivity index (χ3n) is 2.65. The molecule has 0 aliphatic carbocycles. The van der Waals surface area contributed by atoms with Gasteiger partial charge in [-0.2, -0.15) is 0 Å². The van der Waals surface area contributed by atoms with Gasteiger partial charge in [-0.25, -0.2) is 4.79 Å². The number of rotatable bonds is 10. The molecule has 20 heavy (non-hydrogen) atoms. The molecule has 0 aliphatic heterocycles. The van der Waals surface area contributed by atoms with E-state index in [9.17, 15) is 14.4 Å². The van der Waals surface area contributed by atoms with Gasteiger partial charge in [0.15, 0.2) is 0 Å². The van der Waals surface area contributed by atoms with Crippen molar-refractivity contribution in [1.29, 1.82) is 0 Å². The number of carbonyl (C=O) groups is 3. The minimum atomic E-state index is -0.874. The lowest BCUT2D eigenvalue weighted by Crippen LogP contribution is -2.28. The lowest BCUT2D eigenvalue weighted by molar-refractivity contribution is -0.157. The van der Waals surface area contributed by atoms with Gasteiger partial charge in [-0.1, -0.05) is 19.1 Å². The van der Waals surface area contributed by atoms with Gasteiger partial charge in [0, 0.05) is 5.92 Å². The SMILES string of the molecule is CC/C=C/CC[C@@H](CC(=O)OCC)C(=O)C(=O)OCC. The van der Waals surface area contributed by atoms with Crippen molar-refractivity contribution in [2.45, 2.75) is 46.5 Å². The highest BCUT2D eigenvalue weighted by Gasteiger charge is 2.28. The lowest BCUT2D eigenvalue weighted by atomic mass is 9.94. The van der Waals surface area contributed by atoms with E-state index >= 15 is 0 Å². The van der Waals surface area contributed by atoms with Crippen LogP contribution in [0.2, 0.25) is 0 Å². The number of hydrogen-bond acceptors (Lipinski definition) is 5. The molecule has 0 N–H and O–H groups in total. The third-order valence-corrected chi connectivity index (χ3v) is 2.65. The average Bonchev–Trinajstić information content (AvgIpc) is 2.42. The van der Waals surface area contributed by atoms with E-state index in [4.69, 9.17) is 9.47 Å². The molecule has 5 heteroatoms. The van der Waals surface area contributed by atoms with Crippen LogP contribution in [0.3, 0.4) is 0 Å². The highest BCUT2D eigenvalue weighted by atomic mass is 16.5. The Kier molecular flexibility index (Phi) is 10.3. The van der Waals surface area contributed by atoms with E-state index in [0.717, 1.165) is 6.42 Å². The molecule has 0 aromatic carbocycles. The van der Waals surface area contributed by atoms with Crippen molar-refractivity contribution in [3.05, 3.63) is 12.2 Å². The highest BCUT2D eigenvalue weighted by Crippen LogP contribution is 2.15. The van der Waals surface area contributed by atoms with Crippen LogP contribution in [0.5, 0.6) is 0 Å². The van der Waals surface area contributed by atoms with E-state index in [0.29, 0.717) is 12.8 Å². The maximum atomic E-state index is 11.9. The number of Topliss-reactive ketones (excluding diaryl/α,β-unsaturated/α-hetero) is 1. The van der Waals surface area contributed by atoms with Crippen LogP contribution >= 0.6 is 0 Å². The summed E-state index contributed by atoms with van der Waals surface area (Å²) in [4.78, 5) is 34.9. The van der Waals surface area contributed by atoms with Gasteiger partial charge in [-0.05, 0) is 33.1 Å². The predicted octanol–water partition coefficient (Wildman–Crippen LogP) is 2.43. The van der Waals surface area contributed by atoms with Crippen molar-refractivity contribution in [1.82, 2.24) is 0 Å². The quantitative estimate of drug-likeness (QED) is 0.350. The largest absolute Gasteiger partial charge is 0.466 e. The molecule has 0 heterocycles. The summed E-state index contributed by atoms with van der Waals surface area (Å²) in [5.41, 5.74) is 0. The van der Waals surface area contributed by atoms with Crippen LogP contribution in [-0.4, -0.2) is 30.9 Å². The maximum Gasteiger partial charge on any atom is 0.374 e. The van der Waals surface area contributed by atoms with Crippen LogP contribution in [0, 0.1) is 5.92 Å². The van der Waals surface area contributed by atoms with Crippen molar-refractivity contribution < 1.29 is 23.9 Å². The monoisotopic (exact) mass is 284 g/mol. The summed E-state index contributed by atoms with van der Waals surface area (Å²) >= 11 is 0. The molecule has 5 nitrogen and oxygen atoms in total. The second-order valence-corrected chi connectivity index (χ2v) is 4.25. The molecule has 0 spiro atoms. The number of ketones is 1. The second-order valence-electron chi connectivity index (χ2n) is 4.25. The summed E-state index contributed by atoms with van der Waals surface area (Å²) in [6.45, 7) is 5.75. The summed E-state index contributed by atoms with van der Waals surface area (Å²) < 4.78 is 9.52. The zero-order valence-corrected chi connectivity index (χ0v) is 12.5. The number of ether oxygens (including phenoxy) is 2. The van der Waals surface area contributed by atoms with Gasteiger partial charge >= 0.3 is 11.9 Å². The fourth-order valence-electron chi connectivity index (χ4n) is 1.70. The van der Waals surface area contributed by atoms with Crippen molar-refractivity contribution in [2.75, 3.05) is 13.2 Å². The highest BCUT2D eigenvalue weighted by molar-refractivity contribution is 6.34. The minimum absolute atomic E-state index is 0.0779. The van der Waals surface area contributed by atoms with E-state index in [1.807, 2.05) is 19.1 Å². The molecule has 0 rings (SSSR count). The molecule has 0 radical (unpaired) electrons. The number of hydrogen-bond donors (Lipinski definition) is 0. The topological polar surface area (TPSA) is 69.7 Å². The second kappa shape index (κ2) is 11.2. The Morgan fingerprint density at radius 1 is 1.00 bits per heavy atom. The van der Waals surface area contributed by atoms with Gasteiger partial charge in [0.05, 0.1) is 19.6 Å². The van der Waals surface area contributed by atoms with Crippen molar-refractivity contribution >= 4 is 17.7 Å². The van der Waals surface area contributed by atoms with Gasteiger partial charge < -0.3 is 9.47 Å². The van der Waals surface area contributed by atoms with Gasteiger partial charge in [0.25, 0.3) is 0 Å². The van der Waals surface area contributed by atoms with E-state index < -0.39 is 23.6 Å². The van der Waals surface area contributed by atoms with Crippen molar-refractivity contribution in [3.63, 3.8) is 0 Å². The minimum Gasteiger partial charge on any atom is -0.466 e. The van der Waals surface area contributed by atoms with Gasteiger partial charge in [0.2, 0.25) is 5.78 Å². The Morgan fingerprint density at radius 2 is 1.65 bits per heavy atom. The average molecular weight is 284 g/mol. The fraction of sp³-hybridized carbons (Fsp3) is 0.667. The zero-order chi connectivity index (χ0) is 15.4. The molecule has 0 unspecified atom stereocenters. The Labute approximate surface area is 120 Å². The van der Waals surface area contributed by atoms with Gasteiger partial charge in [-0.3, -0.25) is 9.59 Å². The Morgan fingerprint density at radius 3 is 2.20 bits per heavy atom. The molecule has 0 bridgehead atoms. The van der Waals surface area contributed by atoms with Crippen molar-refractivity contribution in [2.24, 2.45) is 5.92 Å². The zero-order valence-electron chi connectivity index (χ0n) is 12.5. The normalized spacial score (nSPS) is 12.2. The smallest absolute Gasteiger partial charge is 0.374 e. The first-order valence-electron chi connectivity index (χ1n) is 7.08. The molecule has 0 aromatic rings. The number of esters is 2. The lowest BCUT2D eigenvalue weighted by Gasteiger charge is -2.13. The molecule has 0 saturated heterocycles. The molecule has 0 saturated carbocycles. The molecular weight excluding hydrogens is 260 g/mol. The molecule has 114 valence electrons. The molecule has 0 aliphatic rings. The van der Waals surface area contributed by atoms with Crippen molar-refractivity contribution in [3.8, 4) is 0 Å². The molecular formula is C15H24O5. The Hall–Kier alpha value is -1.65. The van der Waals surface area contributed by atoms with E-state index in [1.54, 1.807) is 13.8 Å². The fourth-order valence-corrected chi connectivity index (χ4v) is 1.70. The van der Waals surface area contributed by atoms with Crippen LogP contribution in [0.15, 0.2) is 12.2 Å². The van der Waals surface area contributed by atoms with E-state index in [-0.39, 0.29) is 19.6 Å². The predicted molar refractivity (Wildman–Crippen MR) is 75.0 cm³/mol. The van der Waals surface area contributed by atoms with Gasteiger partial charge in [-0.15, -0.1) is 0 Å². The Bertz CT molecular complexity index is 346. The molecule has 0 amide bonds. The third kappa shape index (κ3) is 7.71. The van der Waals surface area contributed by atoms with Crippen LogP contribution < -0.4 is 0 Å². The molecule has 1 atom stereocenters. The first-order chi connectivity index (χ1) is 9.56. The van der Waals surface area contributed by atoms with E-state index in [2.05, 4.69) is 0 Å². The summed E-state index contributed by atoms with van der Waals surface area (Å²) in [5, 5.41) is 0. The van der Waals surface area contributed by atoms with Crippen LogP contribution in [0.25, 0.3) is 0 Å². The summed E-state index contributed by atoms with van der Waals surface area (Å²) in [5.74, 6) is -2.66. The first kappa shape index (κ1) is 18.4. The Balaban J connectivity index is 4.59. The van der Waals surface area contributed by atoms with Crippen LogP contribution in [-0.2, 0) is 23.9 Å².